The van der Waals surface area contributed by atoms with Crippen molar-refractivity contribution >= 4 is 18.1 Å². The first-order chi connectivity index (χ1) is 15.5. The lowest BCUT2D eigenvalue weighted by molar-refractivity contribution is 0.0792. The zero-order chi connectivity index (χ0) is 22.3. The third-order valence-corrected chi connectivity index (χ3v) is 6.91. The van der Waals surface area contributed by atoms with Gasteiger partial charge in [-0.2, -0.15) is 0 Å². The van der Waals surface area contributed by atoms with Gasteiger partial charge in [0.25, 0.3) is 5.91 Å². The van der Waals surface area contributed by atoms with E-state index in [-0.39, 0.29) is 12.0 Å². The van der Waals surface area contributed by atoms with Gasteiger partial charge in [-0.25, -0.2) is 4.79 Å². The van der Waals surface area contributed by atoms with Crippen LogP contribution >= 0.6 is 0 Å². The highest BCUT2D eigenvalue weighted by Gasteiger charge is 2.54. The number of rotatable bonds is 3. The van der Waals surface area contributed by atoms with Crippen molar-refractivity contribution in [1.82, 2.24) is 9.80 Å². The number of carbonyl (C=O) groups is 2. The quantitative estimate of drug-likeness (QED) is 0.782. The molecule has 2 aliphatic heterocycles. The van der Waals surface area contributed by atoms with Gasteiger partial charge in [-0.3, -0.25) is 9.69 Å². The second-order valence-electron chi connectivity index (χ2n) is 8.91. The summed E-state index contributed by atoms with van der Waals surface area (Å²) in [5, 5.41) is 0. The van der Waals surface area contributed by atoms with Crippen LogP contribution in [0.2, 0.25) is 0 Å². The van der Waals surface area contributed by atoms with E-state index in [0.717, 1.165) is 66.6 Å². The van der Waals surface area contributed by atoms with Gasteiger partial charge in [-0.1, -0.05) is 24.3 Å². The monoisotopic (exact) mass is 431 g/mol. The smallest absolute Gasteiger partial charge is 0.410 e. The van der Waals surface area contributed by atoms with Crippen LogP contribution in [0.15, 0.2) is 48.2 Å². The Morgan fingerprint density at radius 3 is 2.38 bits per heavy atom. The Balaban J connectivity index is 1.42. The molecule has 0 unspecified atom stereocenters. The van der Waals surface area contributed by atoms with Gasteiger partial charge in [0.2, 0.25) is 0 Å². The Bertz CT molecular complexity index is 1080. The molecule has 0 atom stereocenters. The van der Waals surface area contributed by atoms with Crippen molar-refractivity contribution in [3.63, 3.8) is 0 Å². The van der Waals surface area contributed by atoms with Gasteiger partial charge in [0, 0.05) is 24.4 Å². The van der Waals surface area contributed by atoms with E-state index < -0.39 is 5.54 Å². The van der Waals surface area contributed by atoms with Crippen molar-refractivity contribution in [2.45, 2.75) is 44.7 Å². The molecular weight excluding hydrogens is 402 g/mol. The van der Waals surface area contributed by atoms with Gasteiger partial charge >= 0.3 is 6.09 Å². The van der Waals surface area contributed by atoms with Crippen LogP contribution in [-0.2, 0) is 11.3 Å². The highest BCUT2D eigenvalue weighted by Crippen LogP contribution is 2.49. The minimum atomic E-state index is -0.414. The number of hydrogen-bond donors (Lipinski definition) is 1. The number of nitrogens with zero attached hydrogens (tertiary/aromatic N) is 2. The molecule has 0 bridgehead atoms. The first kappa shape index (κ1) is 20.6. The summed E-state index contributed by atoms with van der Waals surface area (Å²) < 4.78 is 5.31. The number of nitrogens with two attached hydrogens (primary N) is 1. The highest BCUT2D eigenvalue weighted by molar-refractivity contribution is 5.95. The van der Waals surface area contributed by atoms with Crippen LogP contribution in [0.1, 0.15) is 54.1 Å². The average Bonchev–Trinajstić information content (AvgIpc) is 3.45. The van der Waals surface area contributed by atoms with Gasteiger partial charge in [0.15, 0.2) is 0 Å². The first-order valence-electron chi connectivity index (χ1n) is 11.5. The second kappa shape index (κ2) is 8.01. The predicted octanol–water partition coefficient (Wildman–Crippen LogP) is 4.39. The van der Waals surface area contributed by atoms with E-state index in [1.165, 1.54) is 0 Å². The topological polar surface area (TPSA) is 75.9 Å². The van der Waals surface area contributed by atoms with Gasteiger partial charge in [0.1, 0.15) is 0 Å². The number of amides is 2. The summed E-state index contributed by atoms with van der Waals surface area (Å²) in [4.78, 5) is 29.0. The molecule has 3 aliphatic rings. The third-order valence-electron chi connectivity index (χ3n) is 6.91. The van der Waals surface area contributed by atoms with Crippen LogP contribution in [0.4, 0.5) is 4.79 Å². The number of carbonyl (C=O) groups excluding carboxylic acids is 2. The lowest BCUT2D eigenvalue weighted by atomic mass is 9.98. The first-order valence-corrected chi connectivity index (χ1v) is 11.5. The van der Waals surface area contributed by atoms with Crippen LogP contribution < -0.4 is 5.73 Å². The standard InChI is InChI=1S/C26H29N3O3/c1-2-32-25(31)29-17-21-10-9-20(15-22(21)16-23(27)26(29)11-12-26)18-5-7-19(8-6-18)24(30)28-13-3-4-14-28/h5-10,15-16H,2-4,11-14,17,27H2,1H3. The molecule has 1 saturated heterocycles. The van der Waals surface area contributed by atoms with Crippen LogP contribution in [-0.4, -0.2) is 47.0 Å². The molecule has 5 rings (SSSR count). The van der Waals surface area contributed by atoms with Gasteiger partial charge < -0.3 is 15.4 Å². The van der Waals surface area contributed by atoms with E-state index in [2.05, 4.69) is 18.2 Å². The maximum absolute atomic E-state index is 12.6. The minimum Gasteiger partial charge on any atom is -0.450 e. The molecule has 32 heavy (non-hydrogen) atoms. The largest absolute Gasteiger partial charge is 0.450 e. The van der Waals surface area contributed by atoms with Crippen molar-refractivity contribution in [3.8, 4) is 11.1 Å². The summed E-state index contributed by atoms with van der Waals surface area (Å²) in [5.41, 5.74) is 11.7. The lowest BCUT2D eigenvalue weighted by Gasteiger charge is -2.30. The molecule has 2 N–H and O–H groups in total. The summed E-state index contributed by atoms with van der Waals surface area (Å²) >= 11 is 0. The molecule has 0 aromatic heterocycles. The van der Waals surface area contributed by atoms with Crippen LogP contribution in [0, 0.1) is 0 Å². The fourth-order valence-electron chi connectivity index (χ4n) is 4.86. The van der Waals surface area contributed by atoms with E-state index in [1.54, 1.807) is 4.90 Å². The Morgan fingerprint density at radius 2 is 1.72 bits per heavy atom. The molecule has 1 saturated carbocycles. The van der Waals surface area contributed by atoms with Gasteiger partial charge in [-0.15, -0.1) is 0 Å². The molecule has 2 amide bonds. The zero-order valence-corrected chi connectivity index (χ0v) is 18.5. The molecule has 1 aliphatic carbocycles. The molecule has 2 heterocycles. The summed E-state index contributed by atoms with van der Waals surface area (Å²) in [6.45, 7) is 4.34. The molecule has 2 aromatic rings. The van der Waals surface area contributed by atoms with Crippen LogP contribution in [0.5, 0.6) is 0 Å². The Hall–Kier alpha value is -3.28. The van der Waals surface area contributed by atoms with E-state index in [9.17, 15) is 9.59 Å². The summed E-state index contributed by atoms with van der Waals surface area (Å²) in [5.74, 6) is 0.112. The maximum atomic E-state index is 12.6. The van der Waals surface area contributed by atoms with Gasteiger partial charge in [0.05, 0.1) is 18.7 Å². The molecule has 2 fully saturated rings. The average molecular weight is 432 g/mol. The second-order valence-corrected chi connectivity index (χ2v) is 8.91. The Morgan fingerprint density at radius 1 is 1.03 bits per heavy atom. The van der Waals surface area contributed by atoms with E-state index in [4.69, 9.17) is 10.5 Å². The SMILES string of the molecule is CCOC(=O)N1Cc2ccc(-c3ccc(C(=O)N4CCCC4)cc3)cc2C=C(N)C12CC2. The minimum absolute atomic E-state index is 0.112. The van der Waals surface area contributed by atoms with E-state index in [1.807, 2.05) is 42.2 Å². The number of fused-ring (bicyclic) bond motifs is 1. The van der Waals surface area contributed by atoms with Crippen molar-refractivity contribution < 1.29 is 14.3 Å². The maximum Gasteiger partial charge on any atom is 0.410 e. The van der Waals surface area contributed by atoms with E-state index in [0.29, 0.717) is 18.8 Å². The molecule has 0 radical (unpaired) electrons. The lowest BCUT2D eigenvalue weighted by Crippen LogP contribution is -2.44. The number of hydrogen-bond acceptors (Lipinski definition) is 4. The van der Waals surface area contributed by atoms with E-state index >= 15 is 0 Å². The Labute approximate surface area is 188 Å². The summed E-state index contributed by atoms with van der Waals surface area (Å²) in [6, 6.07) is 14.1. The zero-order valence-electron chi connectivity index (χ0n) is 18.5. The number of likely N-dealkylation sites (tertiary alicyclic amines) is 1. The normalized spacial score (nSPS) is 18.7. The van der Waals surface area contributed by atoms with Crippen LogP contribution in [0.25, 0.3) is 17.2 Å². The molecular formula is C26H29N3O3. The van der Waals surface area contributed by atoms with Crippen molar-refractivity contribution in [3.05, 3.63) is 64.9 Å². The number of benzene rings is 2. The van der Waals surface area contributed by atoms with Crippen LogP contribution in [0.3, 0.4) is 0 Å². The molecule has 6 heteroatoms. The molecule has 1 spiro atoms. The van der Waals surface area contributed by atoms with Gasteiger partial charge in [-0.05, 0) is 79.1 Å². The summed E-state index contributed by atoms with van der Waals surface area (Å²) in [7, 11) is 0. The molecule has 166 valence electrons. The fraction of sp³-hybridized carbons (Fsp3) is 0.385. The predicted molar refractivity (Wildman–Crippen MR) is 124 cm³/mol. The molecule has 2 aromatic carbocycles. The Kier molecular flexibility index (Phi) is 5.16. The third kappa shape index (κ3) is 3.53. The number of ether oxygens (including phenoxy) is 1. The summed E-state index contributed by atoms with van der Waals surface area (Å²) in [6.07, 6.45) is 5.60. The van der Waals surface area contributed by atoms with Crippen molar-refractivity contribution in [2.75, 3.05) is 19.7 Å². The van der Waals surface area contributed by atoms with Crippen molar-refractivity contribution in [1.29, 1.82) is 0 Å². The fourth-order valence-corrected chi connectivity index (χ4v) is 4.86. The highest BCUT2D eigenvalue weighted by atomic mass is 16.6. The van der Waals surface area contributed by atoms with Crippen molar-refractivity contribution in [2.24, 2.45) is 5.73 Å². The molecule has 6 nitrogen and oxygen atoms in total.